The third-order valence-corrected chi connectivity index (χ3v) is 1.78. The van der Waals surface area contributed by atoms with Gasteiger partial charge in [-0.1, -0.05) is 18.2 Å². The quantitative estimate of drug-likeness (QED) is 0.596. The van der Waals surface area contributed by atoms with E-state index in [9.17, 15) is 0 Å². The summed E-state index contributed by atoms with van der Waals surface area (Å²) in [6.07, 6.45) is 9.58. The fourth-order valence-corrected chi connectivity index (χ4v) is 1.17. The first-order valence-electron chi connectivity index (χ1n) is 3.26. The Balaban J connectivity index is 2.48. The van der Waals surface area contributed by atoms with E-state index in [4.69, 9.17) is 16.4 Å². The van der Waals surface area contributed by atoms with Crippen LogP contribution in [-0.4, -0.2) is 0 Å². The zero-order valence-corrected chi connectivity index (χ0v) is 6.43. The molecule has 0 bridgehead atoms. The number of nitrogens with one attached hydrogen (secondary N) is 1. The van der Waals surface area contributed by atoms with Crippen LogP contribution in [-0.2, 0) is 4.84 Å². The fourth-order valence-electron chi connectivity index (χ4n) is 0.962. The average molecular weight is 168 g/mol. The zero-order valence-electron chi connectivity index (χ0n) is 5.67. The van der Waals surface area contributed by atoms with Crippen LogP contribution in [0.2, 0.25) is 0 Å². The Kier molecular flexibility index (Phi) is 1.47. The van der Waals surface area contributed by atoms with Crippen LogP contribution in [0, 0.1) is 0 Å². The van der Waals surface area contributed by atoms with Crippen molar-refractivity contribution in [2.24, 2.45) is 0 Å². The second-order valence-electron chi connectivity index (χ2n) is 2.22. The van der Waals surface area contributed by atoms with Gasteiger partial charge in [-0.2, -0.15) is 0 Å². The summed E-state index contributed by atoms with van der Waals surface area (Å²) in [7, 11) is 0. The van der Waals surface area contributed by atoms with Crippen LogP contribution in [0.15, 0.2) is 46.9 Å². The summed E-state index contributed by atoms with van der Waals surface area (Å²) < 4.78 is 0. The number of hydroxylamine groups is 1. The lowest BCUT2D eigenvalue weighted by molar-refractivity contribution is 0.175. The molecule has 0 aromatic heterocycles. The molecule has 0 saturated heterocycles. The van der Waals surface area contributed by atoms with Crippen molar-refractivity contribution in [2.75, 3.05) is 0 Å². The predicted molar refractivity (Wildman–Crippen MR) is 43.5 cm³/mol. The van der Waals surface area contributed by atoms with E-state index >= 15 is 0 Å². The van der Waals surface area contributed by atoms with Crippen LogP contribution in [0.1, 0.15) is 0 Å². The van der Waals surface area contributed by atoms with E-state index < -0.39 is 0 Å². The smallest absolute Gasteiger partial charge is 0.230 e. The molecule has 0 aromatic rings. The van der Waals surface area contributed by atoms with Gasteiger partial charge in [-0.15, -0.1) is 0 Å². The molecule has 11 heavy (non-hydrogen) atoms. The monoisotopic (exact) mass is 167 g/mol. The fraction of sp³-hybridized carbons (Fsp3) is 0. The zero-order chi connectivity index (χ0) is 7.68. The summed E-state index contributed by atoms with van der Waals surface area (Å²) in [5.41, 5.74) is 4.50. The second kappa shape index (κ2) is 2.47. The molecule has 0 radical (unpaired) electrons. The van der Waals surface area contributed by atoms with Crippen LogP contribution in [0.5, 0.6) is 0 Å². The van der Waals surface area contributed by atoms with E-state index in [-0.39, 0.29) is 0 Å². The Morgan fingerprint density at radius 1 is 1.27 bits per heavy atom. The lowest BCUT2D eigenvalue weighted by atomic mass is 10.2. The van der Waals surface area contributed by atoms with Crippen molar-refractivity contribution in [3.05, 3.63) is 46.9 Å². The molecular weight excluding hydrogens is 162 g/mol. The van der Waals surface area contributed by atoms with Crippen molar-refractivity contribution in [1.82, 2.24) is 5.48 Å². The van der Waals surface area contributed by atoms with Gasteiger partial charge >= 0.3 is 0 Å². The van der Waals surface area contributed by atoms with E-state index in [0.29, 0.717) is 5.22 Å². The van der Waals surface area contributed by atoms with Gasteiger partial charge in [-0.25, -0.2) is 5.48 Å². The molecule has 1 heterocycles. The van der Waals surface area contributed by atoms with Gasteiger partial charge in [0.15, 0.2) is 0 Å². The number of rotatable bonds is 0. The molecule has 2 aliphatic rings. The normalized spacial score (nSPS) is 20.3. The summed E-state index contributed by atoms with van der Waals surface area (Å²) in [6, 6.07) is 0. The summed E-state index contributed by atoms with van der Waals surface area (Å²) in [6.45, 7) is 0. The van der Waals surface area contributed by atoms with E-state index in [1.54, 1.807) is 0 Å². The van der Waals surface area contributed by atoms with E-state index in [1.807, 2.05) is 30.4 Å². The van der Waals surface area contributed by atoms with Gasteiger partial charge in [0.1, 0.15) is 0 Å². The molecule has 0 atom stereocenters. The molecule has 0 unspecified atom stereocenters. The summed E-state index contributed by atoms with van der Waals surface area (Å²) in [4.78, 5) is 4.90. The molecule has 2 nitrogen and oxygen atoms in total. The molecule has 3 heteroatoms. The third-order valence-electron chi connectivity index (χ3n) is 1.50. The SMILES string of the molecule is ClC1=C2C=CC=CC=C2NO1. The van der Waals surface area contributed by atoms with E-state index in [1.165, 1.54) is 0 Å². The number of allylic oxidation sites excluding steroid dienone is 5. The molecule has 1 aliphatic carbocycles. The maximum atomic E-state index is 5.73. The van der Waals surface area contributed by atoms with Gasteiger partial charge in [0.05, 0.1) is 11.3 Å². The number of fused-ring (bicyclic) bond motifs is 1. The summed E-state index contributed by atoms with van der Waals surface area (Å²) in [5.74, 6) is 0. The van der Waals surface area contributed by atoms with Gasteiger partial charge < -0.3 is 4.84 Å². The van der Waals surface area contributed by atoms with Gasteiger partial charge in [0.25, 0.3) is 0 Å². The summed E-state index contributed by atoms with van der Waals surface area (Å²) in [5, 5.41) is 0.399. The predicted octanol–water partition coefficient (Wildman–Crippen LogP) is 1.98. The van der Waals surface area contributed by atoms with Gasteiger partial charge in [-0.05, 0) is 23.8 Å². The maximum absolute atomic E-state index is 5.73. The van der Waals surface area contributed by atoms with E-state index in [2.05, 4.69) is 5.48 Å². The Bertz CT molecular complexity index is 299. The van der Waals surface area contributed by atoms with Gasteiger partial charge in [-0.3, -0.25) is 0 Å². The lowest BCUT2D eigenvalue weighted by Gasteiger charge is -1.94. The van der Waals surface area contributed by atoms with Crippen LogP contribution in [0.25, 0.3) is 0 Å². The molecular formula is C8H6ClNO. The Morgan fingerprint density at radius 2 is 2.18 bits per heavy atom. The third kappa shape index (κ3) is 1.05. The second-order valence-corrected chi connectivity index (χ2v) is 2.56. The molecule has 0 saturated carbocycles. The average Bonchev–Trinajstić information content (AvgIpc) is 2.25. The van der Waals surface area contributed by atoms with Crippen molar-refractivity contribution < 1.29 is 4.84 Å². The molecule has 1 N–H and O–H groups in total. The van der Waals surface area contributed by atoms with Crippen molar-refractivity contribution in [1.29, 1.82) is 0 Å². The van der Waals surface area contributed by atoms with Gasteiger partial charge in [0, 0.05) is 0 Å². The number of hydrogen-bond acceptors (Lipinski definition) is 2. The Labute approximate surface area is 69.4 Å². The van der Waals surface area contributed by atoms with Crippen molar-refractivity contribution in [3.8, 4) is 0 Å². The standard InChI is InChI=1S/C8H6ClNO/c9-8-6-4-2-1-3-5-7(6)10-11-8/h1-5,10H. The van der Waals surface area contributed by atoms with Crippen molar-refractivity contribution in [3.63, 3.8) is 0 Å². The Morgan fingerprint density at radius 3 is 3.09 bits per heavy atom. The topological polar surface area (TPSA) is 21.3 Å². The highest BCUT2D eigenvalue weighted by Crippen LogP contribution is 2.25. The largest absolute Gasteiger partial charge is 0.369 e. The molecule has 1 aliphatic heterocycles. The highest BCUT2D eigenvalue weighted by molar-refractivity contribution is 6.29. The minimum atomic E-state index is 0.399. The molecule has 2 rings (SSSR count). The Hall–Kier alpha value is -1.15. The van der Waals surface area contributed by atoms with Crippen molar-refractivity contribution >= 4 is 11.6 Å². The minimum absolute atomic E-state index is 0.399. The first kappa shape index (κ1) is 6.55. The van der Waals surface area contributed by atoms with Crippen LogP contribution in [0.3, 0.4) is 0 Å². The number of hydrogen-bond donors (Lipinski definition) is 1. The van der Waals surface area contributed by atoms with Gasteiger partial charge in [0.2, 0.25) is 5.22 Å². The van der Waals surface area contributed by atoms with Crippen LogP contribution >= 0.6 is 11.6 Å². The first-order valence-corrected chi connectivity index (χ1v) is 3.64. The molecule has 0 spiro atoms. The maximum Gasteiger partial charge on any atom is 0.230 e. The van der Waals surface area contributed by atoms with Crippen LogP contribution < -0.4 is 5.48 Å². The minimum Gasteiger partial charge on any atom is -0.369 e. The number of halogens is 1. The van der Waals surface area contributed by atoms with Crippen LogP contribution in [0.4, 0.5) is 0 Å². The highest BCUT2D eigenvalue weighted by atomic mass is 35.5. The molecule has 0 fully saturated rings. The lowest BCUT2D eigenvalue weighted by Crippen LogP contribution is -2.03. The van der Waals surface area contributed by atoms with E-state index in [0.717, 1.165) is 11.3 Å². The molecule has 56 valence electrons. The molecule has 0 amide bonds. The molecule has 0 aromatic carbocycles. The van der Waals surface area contributed by atoms with Crippen molar-refractivity contribution in [2.45, 2.75) is 0 Å². The first-order chi connectivity index (χ1) is 5.38. The summed E-state index contributed by atoms with van der Waals surface area (Å²) >= 11 is 5.73. The highest BCUT2D eigenvalue weighted by Gasteiger charge is 2.17.